The number of aromatic nitrogens is 2. The summed E-state index contributed by atoms with van der Waals surface area (Å²) in [5.74, 6) is 0.314. The molecule has 1 aliphatic rings. The van der Waals surface area contributed by atoms with Gasteiger partial charge in [-0.3, -0.25) is 14.2 Å². The van der Waals surface area contributed by atoms with Crippen LogP contribution in [-0.2, 0) is 17.8 Å². The van der Waals surface area contributed by atoms with Gasteiger partial charge < -0.3 is 5.32 Å². The Morgan fingerprint density at radius 1 is 1.28 bits per heavy atom. The molecule has 1 fully saturated rings. The highest BCUT2D eigenvalue weighted by atomic mass is 35.5. The second-order valence-corrected chi connectivity index (χ2v) is 6.85. The number of nitrogens with zero attached hydrogens (tertiary/aromatic N) is 2. The molecule has 1 aromatic carbocycles. The Hall–Kier alpha value is -2.14. The lowest BCUT2D eigenvalue weighted by Gasteiger charge is -2.11. The number of amides is 1. The summed E-state index contributed by atoms with van der Waals surface area (Å²) < 4.78 is 1.54. The maximum Gasteiger partial charge on any atom is 0.253 e. The second-order valence-electron chi connectivity index (χ2n) is 6.44. The highest BCUT2D eigenvalue weighted by molar-refractivity contribution is 6.31. The number of halogens is 1. The van der Waals surface area contributed by atoms with Crippen LogP contribution in [0.4, 0.5) is 0 Å². The summed E-state index contributed by atoms with van der Waals surface area (Å²) in [7, 11) is 0. The van der Waals surface area contributed by atoms with Crippen molar-refractivity contribution >= 4 is 17.5 Å². The summed E-state index contributed by atoms with van der Waals surface area (Å²) in [6, 6.07) is 8.92. The molecule has 5 nitrogen and oxygen atoms in total. The predicted molar refractivity (Wildman–Crippen MR) is 97.9 cm³/mol. The van der Waals surface area contributed by atoms with Crippen molar-refractivity contribution in [3.05, 3.63) is 63.3 Å². The van der Waals surface area contributed by atoms with Gasteiger partial charge in [-0.1, -0.05) is 42.6 Å². The molecule has 1 N–H and O–H groups in total. The predicted octanol–water partition coefficient (Wildman–Crippen LogP) is 2.91. The van der Waals surface area contributed by atoms with Crippen LogP contribution in [-0.4, -0.2) is 22.0 Å². The lowest BCUT2D eigenvalue weighted by molar-refractivity contribution is -0.120. The minimum Gasteiger partial charge on any atom is -0.354 e. The highest BCUT2D eigenvalue weighted by Crippen LogP contribution is 2.32. The van der Waals surface area contributed by atoms with Gasteiger partial charge in [-0.05, 0) is 24.5 Å². The SMILES string of the molecule is O=C(Cc1ccccc1Cl)NCCn1cnc(C2CCCC2)cc1=O. The molecule has 2 aromatic rings. The number of hydrogen-bond acceptors (Lipinski definition) is 3. The number of benzene rings is 1. The van der Waals surface area contributed by atoms with Crippen molar-refractivity contribution in [2.45, 2.75) is 44.6 Å². The van der Waals surface area contributed by atoms with Gasteiger partial charge in [0, 0.05) is 30.1 Å². The van der Waals surface area contributed by atoms with E-state index in [1.165, 1.54) is 17.4 Å². The summed E-state index contributed by atoms with van der Waals surface area (Å²) >= 11 is 6.05. The summed E-state index contributed by atoms with van der Waals surface area (Å²) in [6.07, 6.45) is 6.49. The van der Waals surface area contributed by atoms with Crippen molar-refractivity contribution in [2.75, 3.05) is 6.54 Å². The lowest BCUT2D eigenvalue weighted by Crippen LogP contribution is -2.32. The molecule has 0 spiro atoms. The molecule has 0 atom stereocenters. The molecule has 132 valence electrons. The van der Waals surface area contributed by atoms with Crippen LogP contribution in [0.5, 0.6) is 0 Å². The molecular formula is C19H22ClN3O2. The minimum atomic E-state index is -0.114. The normalized spacial score (nSPS) is 14.6. The third kappa shape index (κ3) is 4.69. The van der Waals surface area contributed by atoms with Crippen molar-refractivity contribution in [1.82, 2.24) is 14.9 Å². The molecular weight excluding hydrogens is 338 g/mol. The van der Waals surface area contributed by atoms with Crippen molar-refractivity contribution in [3.8, 4) is 0 Å². The first-order valence-corrected chi connectivity index (χ1v) is 9.08. The van der Waals surface area contributed by atoms with E-state index in [1.807, 2.05) is 18.2 Å². The third-order valence-corrected chi connectivity index (χ3v) is 5.03. The highest BCUT2D eigenvalue weighted by Gasteiger charge is 2.18. The molecule has 25 heavy (non-hydrogen) atoms. The van der Waals surface area contributed by atoms with Gasteiger partial charge in [0.15, 0.2) is 0 Å². The fourth-order valence-electron chi connectivity index (χ4n) is 3.25. The Morgan fingerprint density at radius 2 is 2.04 bits per heavy atom. The Kier molecular flexibility index (Phi) is 5.87. The molecule has 3 rings (SSSR count). The average Bonchev–Trinajstić information content (AvgIpc) is 3.13. The molecule has 1 aliphatic carbocycles. The maximum absolute atomic E-state index is 12.2. The van der Waals surface area contributed by atoms with Crippen molar-refractivity contribution < 1.29 is 4.79 Å². The maximum atomic E-state index is 12.2. The van der Waals surface area contributed by atoms with Crippen LogP contribution in [0.3, 0.4) is 0 Å². The molecule has 1 saturated carbocycles. The van der Waals surface area contributed by atoms with E-state index in [2.05, 4.69) is 10.3 Å². The van der Waals surface area contributed by atoms with Gasteiger partial charge in [0.25, 0.3) is 5.56 Å². The van der Waals surface area contributed by atoms with E-state index in [-0.39, 0.29) is 17.9 Å². The number of rotatable bonds is 6. The van der Waals surface area contributed by atoms with E-state index in [9.17, 15) is 9.59 Å². The van der Waals surface area contributed by atoms with Crippen LogP contribution < -0.4 is 10.9 Å². The second kappa shape index (κ2) is 8.30. The average molecular weight is 360 g/mol. The van der Waals surface area contributed by atoms with Gasteiger partial charge in [-0.15, -0.1) is 0 Å². The van der Waals surface area contributed by atoms with Gasteiger partial charge in [0.1, 0.15) is 0 Å². The molecule has 0 radical (unpaired) electrons. The summed E-state index contributed by atoms with van der Waals surface area (Å²) in [5.41, 5.74) is 1.64. The van der Waals surface area contributed by atoms with Gasteiger partial charge in [0.05, 0.1) is 18.4 Å². The molecule has 6 heteroatoms. The fourth-order valence-corrected chi connectivity index (χ4v) is 3.45. The van der Waals surface area contributed by atoms with Crippen LogP contribution in [0.25, 0.3) is 0 Å². The largest absolute Gasteiger partial charge is 0.354 e. The monoisotopic (exact) mass is 359 g/mol. The summed E-state index contributed by atoms with van der Waals surface area (Å²) in [4.78, 5) is 28.6. The molecule has 1 aromatic heterocycles. The topological polar surface area (TPSA) is 64.0 Å². The standard InChI is InChI=1S/C19H22ClN3O2/c20-16-8-4-3-7-15(16)11-18(24)21-9-10-23-13-22-17(12-19(23)25)14-5-1-2-6-14/h3-4,7-8,12-14H,1-2,5-6,9-11H2,(H,21,24). The Balaban J connectivity index is 1.51. The van der Waals surface area contributed by atoms with Crippen molar-refractivity contribution in [3.63, 3.8) is 0 Å². The van der Waals surface area contributed by atoms with E-state index in [0.717, 1.165) is 24.1 Å². The Bertz CT molecular complexity index is 797. The van der Waals surface area contributed by atoms with Crippen molar-refractivity contribution in [2.24, 2.45) is 0 Å². The zero-order chi connectivity index (χ0) is 17.6. The van der Waals surface area contributed by atoms with Crippen LogP contribution >= 0.6 is 11.6 Å². The number of carbonyl (C=O) groups is 1. The van der Waals surface area contributed by atoms with Gasteiger partial charge in [-0.25, -0.2) is 4.98 Å². The summed E-state index contributed by atoms with van der Waals surface area (Å²) in [5, 5.41) is 3.40. The molecule has 1 heterocycles. The zero-order valence-corrected chi connectivity index (χ0v) is 14.8. The fraction of sp³-hybridized carbons (Fsp3) is 0.421. The quantitative estimate of drug-likeness (QED) is 0.862. The van der Waals surface area contributed by atoms with E-state index < -0.39 is 0 Å². The van der Waals surface area contributed by atoms with Crippen LogP contribution in [0, 0.1) is 0 Å². The van der Waals surface area contributed by atoms with E-state index in [0.29, 0.717) is 24.0 Å². The Labute approximate surface area is 152 Å². The molecule has 0 bridgehead atoms. The molecule has 0 aliphatic heterocycles. The first kappa shape index (κ1) is 17.7. The van der Waals surface area contributed by atoms with E-state index in [4.69, 9.17) is 11.6 Å². The minimum absolute atomic E-state index is 0.0581. The smallest absolute Gasteiger partial charge is 0.253 e. The Morgan fingerprint density at radius 3 is 2.76 bits per heavy atom. The van der Waals surface area contributed by atoms with Gasteiger partial charge in [-0.2, -0.15) is 0 Å². The van der Waals surface area contributed by atoms with Gasteiger partial charge in [0.2, 0.25) is 5.91 Å². The number of carbonyl (C=O) groups excluding carboxylic acids is 1. The zero-order valence-electron chi connectivity index (χ0n) is 14.1. The summed E-state index contributed by atoms with van der Waals surface area (Å²) in [6.45, 7) is 0.790. The third-order valence-electron chi connectivity index (χ3n) is 4.66. The number of nitrogens with one attached hydrogen (secondary N) is 1. The van der Waals surface area contributed by atoms with Crippen LogP contribution in [0.15, 0.2) is 41.5 Å². The van der Waals surface area contributed by atoms with E-state index >= 15 is 0 Å². The molecule has 1 amide bonds. The lowest BCUT2D eigenvalue weighted by atomic mass is 10.0. The van der Waals surface area contributed by atoms with Gasteiger partial charge >= 0.3 is 0 Å². The molecule has 0 saturated heterocycles. The van der Waals surface area contributed by atoms with Crippen LogP contribution in [0.2, 0.25) is 5.02 Å². The first-order valence-electron chi connectivity index (χ1n) is 8.70. The van der Waals surface area contributed by atoms with Crippen LogP contribution in [0.1, 0.15) is 42.9 Å². The number of hydrogen-bond donors (Lipinski definition) is 1. The van der Waals surface area contributed by atoms with E-state index in [1.54, 1.807) is 18.5 Å². The molecule has 0 unspecified atom stereocenters. The first-order chi connectivity index (χ1) is 12.1. The van der Waals surface area contributed by atoms with Crippen molar-refractivity contribution in [1.29, 1.82) is 0 Å².